The van der Waals surface area contributed by atoms with E-state index in [1.807, 2.05) is 0 Å². The minimum atomic E-state index is -2.24. The Morgan fingerprint density at radius 3 is 2.28 bits per heavy atom. The molecule has 0 aliphatic carbocycles. The van der Waals surface area contributed by atoms with Gasteiger partial charge in [0, 0.05) is 13.5 Å². The number of ether oxygens (including phenoxy) is 3. The third-order valence-electron chi connectivity index (χ3n) is 1.98. The first kappa shape index (κ1) is 17.0. The maximum absolute atomic E-state index is 11.7. The van der Waals surface area contributed by atoms with Crippen LogP contribution in [0.1, 0.15) is 20.3 Å². The van der Waals surface area contributed by atoms with Gasteiger partial charge in [0.15, 0.2) is 0 Å². The lowest BCUT2D eigenvalue weighted by Crippen LogP contribution is -2.28. The van der Waals surface area contributed by atoms with Crippen LogP contribution in [0.15, 0.2) is 0 Å². The molecule has 8 heteroatoms. The van der Waals surface area contributed by atoms with Gasteiger partial charge in [-0.25, -0.2) is 4.79 Å². The van der Waals surface area contributed by atoms with E-state index in [9.17, 15) is 14.2 Å². The largest absolute Gasteiger partial charge is 0.541 e. The lowest BCUT2D eigenvalue weighted by Gasteiger charge is -2.08. The fraction of sp³-hybridized carbons (Fsp3) is 0.800. The van der Waals surface area contributed by atoms with E-state index in [2.05, 4.69) is 9.47 Å². The van der Waals surface area contributed by atoms with Crippen molar-refractivity contribution in [3.63, 3.8) is 0 Å². The van der Waals surface area contributed by atoms with Crippen molar-refractivity contribution < 1.29 is 32.9 Å². The molecule has 0 amide bonds. The van der Waals surface area contributed by atoms with Crippen molar-refractivity contribution in [2.75, 3.05) is 20.8 Å². The molecule has 104 valence electrons. The van der Waals surface area contributed by atoms with Crippen LogP contribution in [0.25, 0.3) is 0 Å². The van der Waals surface area contributed by atoms with Crippen LogP contribution in [0, 0.1) is 0 Å². The topological polar surface area (TPSA) is 88.1 Å². The molecule has 18 heavy (non-hydrogen) atoms. The van der Waals surface area contributed by atoms with Crippen molar-refractivity contribution in [2.24, 2.45) is 0 Å². The molecule has 0 rings (SSSR count). The van der Waals surface area contributed by atoms with Gasteiger partial charge >= 0.3 is 20.0 Å². The van der Waals surface area contributed by atoms with Gasteiger partial charge in [-0.05, 0) is 11.5 Å². The Bertz CT molecular complexity index is 305. The summed E-state index contributed by atoms with van der Waals surface area (Å²) in [4.78, 5) is 22.4. The van der Waals surface area contributed by atoms with Crippen molar-refractivity contribution >= 4 is 20.0 Å². The molecular weight excluding hydrogens is 263 g/mol. The van der Waals surface area contributed by atoms with E-state index >= 15 is 0 Å². The summed E-state index contributed by atoms with van der Waals surface area (Å²) in [5, 5.41) is 0. The monoisotopic (exact) mass is 281 g/mol. The van der Waals surface area contributed by atoms with E-state index in [0.29, 0.717) is 6.61 Å². The second-order valence-corrected chi connectivity index (χ2v) is 4.75. The molecule has 0 N–H and O–H groups in total. The SMILES string of the molecule is CCOC(C)[P+](=O)OC(CC(=O)OC)C(=O)OC. The predicted octanol–water partition coefficient (Wildman–Crippen LogP) is 1.23. The summed E-state index contributed by atoms with van der Waals surface area (Å²) >= 11 is 0. The molecule has 7 nitrogen and oxygen atoms in total. The first-order valence-electron chi connectivity index (χ1n) is 5.35. The average Bonchev–Trinajstić information content (AvgIpc) is 2.36. The summed E-state index contributed by atoms with van der Waals surface area (Å²) in [5.41, 5.74) is 0. The first-order chi connectivity index (χ1) is 8.46. The maximum Gasteiger partial charge on any atom is 0.541 e. The van der Waals surface area contributed by atoms with Crippen LogP contribution in [0.5, 0.6) is 0 Å². The van der Waals surface area contributed by atoms with Gasteiger partial charge in [0.25, 0.3) is 5.85 Å². The van der Waals surface area contributed by atoms with Crippen LogP contribution in [-0.2, 0) is 32.9 Å². The molecule has 0 aromatic rings. The van der Waals surface area contributed by atoms with Gasteiger partial charge in [-0.2, -0.15) is 0 Å². The number of hydrogen-bond donors (Lipinski definition) is 0. The fourth-order valence-corrected chi connectivity index (χ4v) is 1.90. The second-order valence-electron chi connectivity index (χ2n) is 3.24. The number of methoxy groups -OCH3 is 2. The summed E-state index contributed by atoms with van der Waals surface area (Å²) in [5.74, 6) is -2.11. The summed E-state index contributed by atoms with van der Waals surface area (Å²) in [7, 11) is 0.0862. The Morgan fingerprint density at radius 1 is 1.22 bits per heavy atom. The van der Waals surface area contributed by atoms with Crippen LogP contribution in [0.2, 0.25) is 0 Å². The zero-order chi connectivity index (χ0) is 14.1. The van der Waals surface area contributed by atoms with E-state index in [0.717, 1.165) is 7.11 Å². The molecule has 0 heterocycles. The highest BCUT2D eigenvalue weighted by Gasteiger charge is 2.38. The Kier molecular flexibility index (Phi) is 8.45. The van der Waals surface area contributed by atoms with Gasteiger partial charge in [0.05, 0.1) is 20.6 Å². The molecule has 0 spiro atoms. The Morgan fingerprint density at radius 2 is 1.83 bits per heavy atom. The standard InChI is InChI=1S/C10H18O7P/c1-5-16-7(2)18(13)17-8(10(12)15-4)6-9(11)14-3/h7-8H,5-6H2,1-4H3/q+1. The zero-order valence-electron chi connectivity index (χ0n) is 10.9. The van der Waals surface area contributed by atoms with E-state index in [1.54, 1.807) is 13.8 Å². The average molecular weight is 281 g/mol. The van der Waals surface area contributed by atoms with Crippen LogP contribution >= 0.6 is 8.03 Å². The van der Waals surface area contributed by atoms with Crippen molar-refractivity contribution in [1.82, 2.24) is 0 Å². The Hall–Kier alpha value is -1.04. The molecular formula is C10H18O7P+. The summed E-state index contributed by atoms with van der Waals surface area (Å²) in [6.07, 6.45) is -1.61. The van der Waals surface area contributed by atoms with E-state index < -0.39 is 31.9 Å². The maximum atomic E-state index is 11.7. The predicted molar refractivity (Wildman–Crippen MR) is 62.2 cm³/mol. The van der Waals surface area contributed by atoms with E-state index in [-0.39, 0.29) is 6.42 Å². The third kappa shape index (κ3) is 6.05. The highest BCUT2D eigenvalue weighted by atomic mass is 31.1. The summed E-state index contributed by atoms with van der Waals surface area (Å²) in [6, 6.07) is 0. The Balaban J connectivity index is 4.53. The number of carbonyl (C=O) groups is 2. The normalized spacial score (nSPS) is 14.6. The summed E-state index contributed by atoms with van der Waals surface area (Å²) in [6.45, 7) is 3.66. The molecule has 0 aromatic heterocycles. The van der Waals surface area contributed by atoms with Crippen molar-refractivity contribution in [1.29, 1.82) is 0 Å². The van der Waals surface area contributed by atoms with Crippen molar-refractivity contribution in [2.45, 2.75) is 32.2 Å². The molecule has 0 aliphatic heterocycles. The van der Waals surface area contributed by atoms with E-state index in [1.165, 1.54) is 7.11 Å². The smallest absolute Gasteiger partial charge is 0.469 e. The van der Waals surface area contributed by atoms with Crippen LogP contribution in [0.4, 0.5) is 0 Å². The van der Waals surface area contributed by atoms with Crippen molar-refractivity contribution in [3.05, 3.63) is 0 Å². The van der Waals surface area contributed by atoms with Gasteiger partial charge in [-0.15, -0.1) is 4.52 Å². The Labute approximate surface area is 107 Å². The molecule has 3 atom stereocenters. The number of carbonyl (C=O) groups excluding carboxylic acids is 2. The van der Waals surface area contributed by atoms with Gasteiger partial charge in [0.1, 0.15) is 0 Å². The number of hydrogen-bond acceptors (Lipinski definition) is 7. The molecule has 0 aliphatic rings. The molecule has 0 bridgehead atoms. The zero-order valence-corrected chi connectivity index (χ0v) is 11.8. The molecule has 0 saturated heterocycles. The molecule has 3 unspecified atom stereocenters. The quantitative estimate of drug-likeness (QED) is 0.488. The minimum absolute atomic E-state index is 0.358. The van der Waals surface area contributed by atoms with Gasteiger partial charge in [-0.3, -0.25) is 4.79 Å². The van der Waals surface area contributed by atoms with Crippen LogP contribution in [-0.4, -0.2) is 44.7 Å². The van der Waals surface area contributed by atoms with Gasteiger partial charge < -0.3 is 14.2 Å². The fourth-order valence-electron chi connectivity index (χ4n) is 1.04. The summed E-state index contributed by atoms with van der Waals surface area (Å²) < 4.78 is 30.6. The number of esters is 2. The molecule has 0 radical (unpaired) electrons. The van der Waals surface area contributed by atoms with Gasteiger partial charge in [-0.1, -0.05) is 0 Å². The molecule has 0 fully saturated rings. The van der Waals surface area contributed by atoms with Gasteiger partial charge in [0.2, 0.25) is 6.10 Å². The van der Waals surface area contributed by atoms with Crippen LogP contribution in [0.3, 0.4) is 0 Å². The minimum Gasteiger partial charge on any atom is -0.469 e. The lowest BCUT2D eigenvalue weighted by atomic mass is 10.2. The van der Waals surface area contributed by atoms with Crippen molar-refractivity contribution in [3.8, 4) is 0 Å². The van der Waals surface area contributed by atoms with E-state index in [4.69, 9.17) is 9.26 Å². The number of rotatable bonds is 8. The highest BCUT2D eigenvalue weighted by molar-refractivity contribution is 7.39. The molecule has 0 aromatic carbocycles. The second kappa shape index (κ2) is 8.97. The third-order valence-corrected chi connectivity index (χ3v) is 3.18. The highest BCUT2D eigenvalue weighted by Crippen LogP contribution is 2.32. The molecule has 0 saturated carbocycles. The first-order valence-corrected chi connectivity index (χ1v) is 6.60. The lowest BCUT2D eigenvalue weighted by molar-refractivity contribution is -0.155. The van der Waals surface area contributed by atoms with Crippen LogP contribution < -0.4 is 0 Å².